The molecule has 9 heteroatoms. The van der Waals surface area contributed by atoms with Crippen molar-refractivity contribution in [2.75, 3.05) is 7.11 Å². The van der Waals surface area contributed by atoms with Crippen molar-refractivity contribution in [3.63, 3.8) is 0 Å². The van der Waals surface area contributed by atoms with Crippen LogP contribution in [-0.2, 0) is 11.2 Å². The molecule has 1 aromatic heterocycles. The monoisotopic (exact) mass is 378 g/mol. The molecular weight excluding hydrogens is 360 g/mol. The number of carbonyl (C=O) groups is 1. The number of methoxy groups -OCH3 is 1. The van der Waals surface area contributed by atoms with Gasteiger partial charge in [0.1, 0.15) is 17.1 Å². The van der Waals surface area contributed by atoms with Crippen molar-refractivity contribution in [2.24, 2.45) is 0 Å². The maximum absolute atomic E-state index is 13.0. The molecule has 1 aromatic carbocycles. The maximum Gasteiger partial charge on any atom is 0.341 e. The lowest BCUT2D eigenvalue weighted by atomic mass is 10.1. The van der Waals surface area contributed by atoms with E-state index >= 15 is 0 Å². The smallest absolute Gasteiger partial charge is 0.341 e. The molecule has 0 aliphatic carbocycles. The van der Waals surface area contributed by atoms with E-state index in [-0.39, 0.29) is 22.4 Å². The van der Waals surface area contributed by atoms with Gasteiger partial charge in [0.2, 0.25) is 0 Å². The number of pyridine rings is 1. The third-order valence-electron chi connectivity index (χ3n) is 4.41. The minimum atomic E-state index is -0.598. The summed E-state index contributed by atoms with van der Waals surface area (Å²) in [6.07, 6.45) is 3.77. The number of aromatic amines is 1. The van der Waals surface area contributed by atoms with Crippen LogP contribution in [0.1, 0.15) is 28.7 Å². The van der Waals surface area contributed by atoms with E-state index in [9.17, 15) is 9.59 Å². The van der Waals surface area contributed by atoms with Crippen molar-refractivity contribution >= 4 is 5.97 Å². The average Bonchev–Trinajstić information content (AvgIpc) is 3.32. The van der Waals surface area contributed by atoms with Gasteiger partial charge in [0.05, 0.1) is 18.4 Å². The molecule has 0 saturated heterocycles. The van der Waals surface area contributed by atoms with E-state index in [0.717, 1.165) is 5.56 Å². The summed E-state index contributed by atoms with van der Waals surface area (Å²) in [6.45, 7) is 3.87. The lowest BCUT2D eigenvalue weighted by Crippen LogP contribution is -2.15. The minimum absolute atomic E-state index is 0.159. The topological polar surface area (TPSA) is 108 Å². The highest BCUT2D eigenvalue weighted by atomic mass is 16.5. The van der Waals surface area contributed by atoms with Gasteiger partial charge in [-0.3, -0.25) is 14.5 Å². The summed E-state index contributed by atoms with van der Waals surface area (Å²) in [5.41, 5.74) is 1.97. The Hall–Kier alpha value is -3.75. The van der Waals surface area contributed by atoms with Gasteiger partial charge in [-0.05, 0) is 24.6 Å². The second-order valence-corrected chi connectivity index (χ2v) is 6.32. The van der Waals surface area contributed by atoms with Crippen LogP contribution < -0.4 is 5.56 Å². The molecule has 2 aliphatic heterocycles. The zero-order valence-corrected chi connectivity index (χ0v) is 15.6. The lowest BCUT2D eigenvalue weighted by molar-refractivity contribution is 0.0600. The van der Waals surface area contributed by atoms with Gasteiger partial charge in [-0.1, -0.05) is 19.1 Å². The number of aromatic nitrogens is 6. The van der Waals surface area contributed by atoms with Gasteiger partial charge in [-0.15, -0.1) is 5.10 Å². The summed E-state index contributed by atoms with van der Waals surface area (Å²) in [6, 6.07) is 7.41. The molecule has 4 rings (SSSR count). The molecule has 9 nitrogen and oxygen atoms in total. The average molecular weight is 378 g/mol. The van der Waals surface area contributed by atoms with Crippen LogP contribution in [0.25, 0.3) is 22.9 Å². The molecule has 0 amide bonds. The van der Waals surface area contributed by atoms with Crippen molar-refractivity contribution in [1.29, 1.82) is 0 Å². The lowest BCUT2D eigenvalue weighted by Gasteiger charge is -2.08. The third kappa shape index (κ3) is 2.86. The summed E-state index contributed by atoms with van der Waals surface area (Å²) in [7, 11) is 1.28. The normalized spacial score (nSPS) is 11.1. The van der Waals surface area contributed by atoms with Gasteiger partial charge in [0.25, 0.3) is 11.5 Å². The highest BCUT2D eigenvalue weighted by Gasteiger charge is 2.25. The summed E-state index contributed by atoms with van der Waals surface area (Å²) in [4.78, 5) is 29.7. The van der Waals surface area contributed by atoms with Crippen LogP contribution in [0.15, 0.2) is 41.5 Å². The third-order valence-corrected chi connectivity index (χ3v) is 4.41. The first-order valence-electron chi connectivity index (χ1n) is 8.74. The number of rotatable bonds is 4. The van der Waals surface area contributed by atoms with Crippen LogP contribution in [-0.4, -0.2) is 42.6 Å². The molecule has 0 saturated carbocycles. The summed E-state index contributed by atoms with van der Waals surface area (Å²) in [5.74, 6) is 0.422. The SMILES string of the molecule is CCc1nc(-n2cc(C(=O)OC)c3nn(-c4cccc(C)c4)c(=O)c-3c2)n[nH]1. The second-order valence-electron chi connectivity index (χ2n) is 6.32. The fraction of sp³-hybridized carbons (Fsp3) is 0.211. The Labute approximate surface area is 159 Å². The number of benzene rings is 1. The Morgan fingerprint density at radius 1 is 1.29 bits per heavy atom. The molecule has 0 fully saturated rings. The van der Waals surface area contributed by atoms with Crippen molar-refractivity contribution in [3.8, 4) is 22.9 Å². The first kappa shape index (κ1) is 17.7. The molecule has 2 aliphatic rings. The first-order chi connectivity index (χ1) is 13.5. The Morgan fingerprint density at radius 3 is 2.79 bits per heavy atom. The Balaban J connectivity index is 1.98. The van der Waals surface area contributed by atoms with Gasteiger partial charge in [-0.25, -0.2) is 4.79 Å². The van der Waals surface area contributed by atoms with E-state index in [1.807, 2.05) is 32.0 Å². The Morgan fingerprint density at radius 2 is 2.11 bits per heavy atom. The highest BCUT2D eigenvalue weighted by Crippen LogP contribution is 2.24. The van der Waals surface area contributed by atoms with Gasteiger partial charge >= 0.3 is 5.97 Å². The van der Waals surface area contributed by atoms with Crippen molar-refractivity contribution in [2.45, 2.75) is 20.3 Å². The van der Waals surface area contributed by atoms with Crippen molar-refractivity contribution in [1.82, 2.24) is 29.5 Å². The number of aryl methyl sites for hydroxylation is 2. The van der Waals surface area contributed by atoms with E-state index < -0.39 is 5.97 Å². The fourth-order valence-electron chi connectivity index (χ4n) is 2.97. The standard InChI is InChI=1S/C19H18N6O3/c1-4-15-20-19(22-21-15)24-9-13-16(14(10-24)18(27)28-3)23-25(17(13)26)12-7-5-6-11(2)8-12/h5-10H,4H2,1-3H3,(H,20,21,22). The Bertz CT molecular complexity index is 1200. The van der Waals surface area contributed by atoms with E-state index in [2.05, 4.69) is 20.3 Å². The number of nitrogens with zero attached hydrogens (tertiary/aromatic N) is 5. The van der Waals surface area contributed by atoms with Crippen LogP contribution in [0.2, 0.25) is 0 Å². The summed E-state index contributed by atoms with van der Waals surface area (Å²) >= 11 is 0. The van der Waals surface area contributed by atoms with Crippen molar-refractivity contribution in [3.05, 3.63) is 64.0 Å². The quantitative estimate of drug-likeness (QED) is 0.544. The summed E-state index contributed by atoms with van der Waals surface area (Å²) in [5, 5.41) is 11.4. The number of esters is 1. The van der Waals surface area contributed by atoms with Gasteiger partial charge in [-0.2, -0.15) is 14.8 Å². The predicted molar refractivity (Wildman–Crippen MR) is 101 cm³/mol. The van der Waals surface area contributed by atoms with Crippen molar-refractivity contribution < 1.29 is 9.53 Å². The number of nitrogens with one attached hydrogen (secondary N) is 1. The number of hydrogen-bond donors (Lipinski definition) is 1. The fourth-order valence-corrected chi connectivity index (χ4v) is 2.97. The number of carbonyl (C=O) groups excluding carboxylic acids is 1. The molecule has 1 N–H and O–H groups in total. The van der Waals surface area contributed by atoms with E-state index in [1.54, 1.807) is 12.3 Å². The number of ether oxygens (including phenoxy) is 1. The second kappa shape index (κ2) is 6.76. The van der Waals surface area contributed by atoms with Crippen LogP contribution in [0.4, 0.5) is 0 Å². The molecule has 2 aromatic rings. The maximum atomic E-state index is 13.0. The molecule has 28 heavy (non-hydrogen) atoms. The zero-order chi connectivity index (χ0) is 19.8. The largest absolute Gasteiger partial charge is 0.465 e. The van der Waals surface area contributed by atoms with E-state index in [0.29, 0.717) is 23.9 Å². The minimum Gasteiger partial charge on any atom is -0.465 e. The highest BCUT2D eigenvalue weighted by molar-refractivity contribution is 5.96. The molecule has 0 bridgehead atoms. The first-order valence-corrected chi connectivity index (χ1v) is 8.74. The number of hydrogen-bond acceptors (Lipinski definition) is 6. The summed E-state index contributed by atoms with van der Waals surface area (Å²) < 4.78 is 7.69. The molecule has 0 unspecified atom stereocenters. The molecule has 142 valence electrons. The van der Waals surface area contributed by atoms with Crippen LogP contribution >= 0.6 is 0 Å². The van der Waals surface area contributed by atoms with Gasteiger partial charge in [0, 0.05) is 18.8 Å². The van der Waals surface area contributed by atoms with Crippen LogP contribution in [0.5, 0.6) is 0 Å². The number of H-pyrrole nitrogens is 1. The Kier molecular flexibility index (Phi) is 4.26. The molecule has 3 heterocycles. The van der Waals surface area contributed by atoms with Gasteiger partial charge < -0.3 is 4.74 Å². The van der Waals surface area contributed by atoms with Crippen LogP contribution in [0, 0.1) is 6.92 Å². The van der Waals surface area contributed by atoms with Crippen LogP contribution in [0.3, 0.4) is 0 Å². The van der Waals surface area contributed by atoms with E-state index in [4.69, 9.17) is 4.74 Å². The molecule has 0 radical (unpaired) electrons. The molecule has 0 spiro atoms. The zero-order valence-electron chi connectivity index (χ0n) is 15.6. The molecular formula is C19H18N6O3. The number of fused-ring (bicyclic) bond motifs is 1. The van der Waals surface area contributed by atoms with Gasteiger partial charge in [0.15, 0.2) is 0 Å². The predicted octanol–water partition coefficient (Wildman–Crippen LogP) is 1.90. The molecule has 0 atom stereocenters. The van der Waals surface area contributed by atoms with E-state index in [1.165, 1.54) is 22.6 Å².